The molecule has 2 saturated carbocycles. The van der Waals surface area contributed by atoms with Gasteiger partial charge in [-0.2, -0.15) is 0 Å². The maximum Gasteiger partial charge on any atom is 0.0148 e. The molecule has 0 aromatic rings. The van der Waals surface area contributed by atoms with Gasteiger partial charge in [-0.25, -0.2) is 5.32 Å². The van der Waals surface area contributed by atoms with E-state index in [4.69, 9.17) is 0 Å². The minimum Gasteiger partial charge on any atom is -0.294 e. The van der Waals surface area contributed by atoms with Gasteiger partial charge >= 0.3 is 0 Å². The summed E-state index contributed by atoms with van der Waals surface area (Å²) in [5.74, 6) is 0. The van der Waals surface area contributed by atoms with Gasteiger partial charge in [0, 0.05) is 31.2 Å². The molecule has 1 radical (unpaired) electrons. The predicted octanol–water partition coefficient (Wildman–Crippen LogP) is 1.38. The Kier molecular flexibility index (Phi) is 2.06. The molecule has 0 aromatic carbocycles. The summed E-state index contributed by atoms with van der Waals surface area (Å²) in [5, 5.41) is 4.44. The lowest BCUT2D eigenvalue weighted by atomic mass is 10.0. The normalized spacial score (nSPS) is 31.2. The zero-order valence-electron chi connectivity index (χ0n) is 8.28. The zero-order chi connectivity index (χ0) is 8.67. The summed E-state index contributed by atoms with van der Waals surface area (Å²) in [5.41, 5.74) is 0. The van der Waals surface area contributed by atoms with Gasteiger partial charge in [-0.05, 0) is 38.5 Å². The van der Waals surface area contributed by atoms with Crippen molar-refractivity contribution in [1.29, 1.82) is 0 Å². The van der Waals surface area contributed by atoms with Gasteiger partial charge in [0.25, 0.3) is 0 Å². The van der Waals surface area contributed by atoms with E-state index >= 15 is 0 Å². The summed E-state index contributed by atoms with van der Waals surface area (Å²) in [6, 6.07) is 2.86. The second kappa shape index (κ2) is 3.25. The van der Waals surface area contributed by atoms with Crippen LogP contribution in [-0.2, 0) is 0 Å². The van der Waals surface area contributed by atoms with E-state index < -0.39 is 0 Å². The molecule has 3 fully saturated rings. The fraction of sp³-hybridized carbons (Fsp3) is 1.00. The van der Waals surface area contributed by atoms with E-state index in [1.165, 1.54) is 38.5 Å². The first-order chi connectivity index (χ1) is 6.45. The van der Waals surface area contributed by atoms with Crippen molar-refractivity contribution < 1.29 is 0 Å². The molecular formula is C11H19N2. The highest BCUT2D eigenvalue weighted by atomic mass is 15.3. The van der Waals surface area contributed by atoms with Crippen LogP contribution in [0.5, 0.6) is 0 Å². The van der Waals surface area contributed by atoms with Gasteiger partial charge in [-0.1, -0.05) is 0 Å². The Morgan fingerprint density at radius 2 is 1.15 bits per heavy atom. The van der Waals surface area contributed by atoms with Crippen LogP contribution in [0.1, 0.15) is 38.5 Å². The minimum atomic E-state index is 0.900. The summed E-state index contributed by atoms with van der Waals surface area (Å²) in [7, 11) is 0. The van der Waals surface area contributed by atoms with Gasteiger partial charge in [0.2, 0.25) is 0 Å². The first-order valence-electron chi connectivity index (χ1n) is 5.86. The third-order valence-electron chi connectivity index (χ3n) is 3.60. The van der Waals surface area contributed by atoms with Crippen molar-refractivity contribution >= 4 is 0 Å². The quantitative estimate of drug-likeness (QED) is 0.640. The van der Waals surface area contributed by atoms with Crippen LogP contribution in [0.4, 0.5) is 0 Å². The summed E-state index contributed by atoms with van der Waals surface area (Å²) in [4.78, 5) is 2.86. The van der Waals surface area contributed by atoms with Gasteiger partial charge in [-0.3, -0.25) is 4.90 Å². The third kappa shape index (κ3) is 1.75. The Balaban J connectivity index is 1.64. The average molecular weight is 179 g/mol. The summed E-state index contributed by atoms with van der Waals surface area (Å²) in [6.45, 7) is 2.25. The highest BCUT2D eigenvalue weighted by Crippen LogP contribution is 2.40. The van der Waals surface area contributed by atoms with Gasteiger partial charge in [-0.15, -0.1) is 0 Å². The largest absolute Gasteiger partial charge is 0.294 e. The van der Waals surface area contributed by atoms with E-state index in [0.29, 0.717) is 0 Å². The molecule has 1 saturated heterocycles. The fourth-order valence-electron chi connectivity index (χ4n) is 2.67. The molecule has 73 valence electrons. The molecular weight excluding hydrogens is 160 g/mol. The highest BCUT2D eigenvalue weighted by molar-refractivity contribution is 4.98. The Morgan fingerprint density at radius 1 is 0.692 bits per heavy atom. The van der Waals surface area contributed by atoms with Crippen LogP contribution in [-0.4, -0.2) is 36.1 Å². The SMILES string of the molecule is C1CC(N(C2CC2)C2CC2)CC[N]1. The van der Waals surface area contributed by atoms with E-state index in [1.807, 2.05) is 0 Å². The lowest BCUT2D eigenvalue weighted by molar-refractivity contribution is 0.143. The molecule has 0 atom stereocenters. The van der Waals surface area contributed by atoms with Gasteiger partial charge < -0.3 is 0 Å². The van der Waals surface area contributed by atoms with Crippen molar-refractivity contribution in [3.05, 3.63) is 0 Å². The van der Waals surface area contributed by atoms with E-state index in [-0.39, 0.29) is 0 Å². The van der Waals surface area contributed by atoms with Crippen molar-refractivity contribution in [3.8, 4) is 0 Å². The van der Waals surface area contributed by atoms with Crippen LogP contribution in [0.15, 0.2) is 0 Å². The lowest BCUT2D eigenvalue weighted by Gasteiger charge is -2.34. The van der Waals surface area contributed by atoms with Crippen molar-refractivity contribution in [2.24, 2.45) is 0 Å². The first-order valence-corrected chi connectivity index (χ1v) is 5.86. The molecule has 0 aromatic heterocycles. The summed E-state index contributed by atoms with van der Waals surface area (Å²) >= 11 is 0. The van der Waals surface area contributed by atoms with Crippen LogP contribution in [0.2, 0.25) is 0 Å². The van der Waals surface area contributed by atoms with Crippen LogP contribution in [0.3, 0.4) is 0 Å². The standard InChI is InChI=1S/C11H19N2/c1-2-9(1)13(10-3-4-10)11-5-7-12-8-6-11/h9-11H,1-8H2. The van der Waals surface area contributed by atoms with E-state index in [1.54, 1.807) is 0 Å². The molecule has 3 rings (SSSR count). The fourth-order valence-corrected chi connectivity index (χ4v) is 2.67. The van der Waals surface area contributed by atoms with E-state index in [9.17, 15) is 0 Å². The van der Waals surface area contributed by atoms with Crippen LogP contribution >= 0.6 is 0 Å². The summed E-state index contributed by atoms with van der Waals surface area (Å²) < 4.78 is 0. The van der Waals surface area contributed by atoms with Gasteiger partial charge in [0.1, 0.15) is 0 Å². The monoisotopic (exact) mass is 179 g/mol. The molecule has 13 heavy (non-hydrogen) atoms. The van der Waals surface area contributed by atoms with Gasteiger partial charge in [0.05, 0.1) is 0 Å². The number of hydrogen-bond donors (Lipinski definition) is 0. The van der Waals surface area contributed by atoms with Crippen molar-refractivity contribution in [3.63, 3.8) is 0 Å². The molecule has 1 aliphatic heterocycles. The van der Waals surface area contributed by atoms with Gasteiger partial charge in [0.15, 0.2) is 0 Å². The maximum absolute atomic E-state index is 4.44. The molecule has 0 amide bonds. The molecule has 2 heteroatoms. The second-order valence-electron chi connectivity index (χ2n) is 4.81. The Hall–Kier alpha value is -0.0800. The molecule has 1 heterocycles. The Labute approximate surface area is 80.7 Å². The minimum absolute atomic E-state index is 0.900. The highest BCUT2D eigenvalue weighted by Gasteiger charge is 2.42. The number of rotatable bonds is 3. The summed E-state index contributed by atoms with van der Waals surface area (Å²) in [6.07, 6.45) is 8.59. The van der Waals surface area contributed by atoms with Crippen molar-refractivity contribution in [2.75, 3.05) is 13.1 Å². The first kappa shape index (κ1) is 8.25. The Morgan fingerprint density at radius 3 is 1.62 bits per heavy atom. The molecule has 2 aliphatic carbocycles. The second-order valence-corrected chi connectivity index (χ2v) is 4.81. The molecule has 0 unspecified atom stereocenters. The van der Waals surface area contributed by atoms with Crippen molar-refractivity contribution in [1.82, 2.24) is 10.2 Å². The number of hydrogen-bond acceptors (Lipinski definition) is 1. The molecule has 0 N–H and O–H groups in total. The van der Waals surface area contributed by atoms with Crippen LogP contribution < -0.4 is 5.32 Å². The van der Waals surface area contributed by atoms with Crippen LogP contribution in [0, 0.1) is 0 Å². The average Bonchev–Trinajstić information content (AvgIpc) is 3.00. The van der Waals surface area contributed by atoms with Crippen molar-refractivity contribution in [2.45, 2.75) is 56.7 Å². The maximum atomic E-state index is 4.44. The molecule has 2 nitrogen and oxygen atoms in total. The number of nitrogens with zero attached hydrogens (tertiary/aromatic N) is 2. The lowest BCUT2D eigenvalue weighted by Crippen LogP contribution is -2.43. The third-order valence-corrected chi connectivity index (χ3v) is 3.60. The smallest absolute Gasteiger partial charge is 0.0148 e. The number of piperidine rings is 1. The molecule has 0 bridgehead atoms. The van der Waals surface area contributed by atoms with E-state index in [0.717, 1.165) is 31.2 Å². The predicted molar refractivity (Wildman–Crippen MR) is 52.8 cm³/mol. The zero-order valence-corrected chi connectivity index (χ0v) is 8.28. The van der Waals surface area contributed by atoms with Crippen LogP contribution in [0.25, 0.3) is 0 Å². The molecule has 0 spiro atoms. The topological polar surface area (TPSA) is 17.3 Å². The van der Waals surface area contributed by atoms with E-state index in [2.05, 4.69) is 10.2 Å². The molecule has 3 aliphatic rings. The Bertz CT molecular complexity index is 167.